The summed E-state index contributed by atoms with van der Waals surface area (Å²) in [5, 5.41) is 6.10. The molecular formula is C20H32N2O4S. The van der Waals surface area contributed by atoms with E-state index in [9.17, 15) is 9.59 Å². The topological polar surface area (TPSA) is 83.3 Å². The largest absolute Gasteiger partial charge is 0.366 e. The average Bonchev–Trinajstić information content (AvgIpc) is 3.51. The lowest BCUT2D eigenvalue weighted by molar-refractivity contribution is -0.126. The minimum Gasteiger partial charge on any atom is -0.366 e. The van der Waals surface area contributed by atoms with E-state index >= 15 is 0 Å². The number of epoxide rings is 2. The van der Waals surface area contributed by atoms with Gasteiger partial charge in [0.2, 0.25) is 11.8 Å². The molecule has 2 amide bonds. The number of carbonyl (C=O) groups excluding carboxylic acids is 2. The zero-order chi connectivity index (χ0) is 19.1. The van der Waals surface area contributed by atoms with Gasteiger partial charge in [0.25, 0.3) is 0 Å². The Bertz CT molecular complexity index is 553. The maximum absolute atomic E-state index is 12.2. The van der Waals surface area contributed by atoms with Gasteiger partial charge in [-0.05, 0) is 52.4 Å². The quantitative estimate of drug-likeness (QED) is 0.483. The molecule has 2 saturated carbocycles. The fourth-order valence-electron chi connectivity index (χ4n) is 4.65. The molecule has 0 spiro atoms. The highest BCUT2D eigenvalue weighted by atomic mass is 32.2. The van der Waals surface area contributed by atoms with Crippen molar-refractivity contribution in [3.05, 3.63) is 0 Å². The van der Waals surface area contributed by atoms with Crippen LogP contribution in [0.3, 0.4) is 0 Å². The first-order valence-corrected chi connectivity index (χ1v) is 11.5. The molecule has 27 heavy (non-hydrogen) atoms. The maximum Gasteiger partial charge on any atom is 0.223 e. The molecule has 0 aromatic heterocycles. The lowest BCUT2D eigenvalue weighted by atomic mass is 9.82. The number of thioether (sulfide) groups is 1. The molecule has 152 valence electrons. The van der Waals surface area contributed by atoms with Crippen molar-refractivity contribution >= 4 is 23.6 Å². The van der Waals surface area contributed by atoms with Crippen LogP contribution >= 0.6 is 11.8 Å². The van der Waals surface area contributed by atoms with Crippen LogP contribution in [0.2, 0.25) is 0 Å². The first-order chi connectivity index (χ1) is 12.9. The van der Waals surface area contributed by atoms with Crippen LogP contribution in [0, 0.1) is 11.8 Å². The second kappa shape index (κ2) is 7.56. The SMILES string of the molecule is CC12CCC(C(=O)NCCSCCNC(=O)C3CCC4(C)OC4C3)CC1O2. The number of amides is 2. The zero-order valence-electron chi connectivity index (χ0n) is 16.4. The zero-order valence-corrected chi connectivity index (χ0v) is 17.2. The van der Waals surface area contributed by atoms with Crippen LogP contribution in [0.1, 0.15) is 52.4 Å². The Balaban J connectivity index is 1.01. The van der Waals surface area contributed by atoms with Gasteiger partial charge in [-0.1, -0.05) is 0 Å². The molecule has 2 heterocycles. The molecule has 6 atom stereocenters. The van der Waals surface area contributed by atoms with Gasteiger partial charge in [0, 0.05) is 36.4 Å². The van der Waals surface area contributed by atoms with Crippen molar-refractivity contribution in [2.24, 2.45) is 11.8 Å². The summed E-state index contributed by atoms with van der Waals surface area (Å²) in [5.41, 5.74) is 0.139. The molecule has 0 bridgehead atoms. The Hall–Kier alpha value is -0.790. The van der Waals surface area contributed by atoms with E-state index in [-0.39, 0.29) is 34.9 Å². The molecule has 4 rings (SSSR count). The van der Waals surface area contributed by atoms with Gasteiger partial charge in [-0.3, -0.25) is 9.59 Å². The first-order valence-electron chi connectivity index (χ1n) is 10.4. The van der Waals surface area contributed by atoms with Crippen LogP contribution in [-0.2, 0) is 19.1 Å². The molecular weight excluding hydrogens is 364 g/mol. The summed E-state index contributed by atoms with van der Waals surface area (Å²) < 4.78 is 11.3. The predicted octanol–water partition coefficient (Wildman–Crippen LogP) is 1.87. The van der Waals surface area contributed by atoms with Crippen LogP contribution in [-0.4, -0.2) is 59.8 Å². The van der Waals surface area contributed by atoms with E-state index in [2.05, 4.69) is 24.5 Å². The van der Waals surface area contributed by atoms with Crippen LogP contribution in [0.25, 0.3) is 0 Å². The molecule has 4 aliphatic rings. The first kappa shape index (κ1) is 19.5. The van der Waals surface area contributed by atoms with Crippen molar-refractivity contribution in [1.29, 1.82) is 0 Å². The van der Waals surface area contributed by atoms with Gasteiger partial charge in [-0.25, -0.2) is 0 Å². The molecule has 0 aromatic carbocycles. The normalized spacial score (nSPS) is 41.9. The molecule has 6 unspecified atom stereocenters. The number of hydrogen-bond donors (Lipinski definition) is 2. The number of hydrogen-bond acceptors (Lipinski definition) is 5. The van der Waals surface area contributed by atoms with Gasteiger partial charge in [-0.15, -0.1) is 0 Å². The van der Waals surface area contributed by atoms with E-state index in [1.807, 2.05) is 0 Å². The predicted molar refractivity (Wildman–Crippen MR) is 105 cm³/mol. The summed E-state index contributed by atoms with van der Waals surface area (Å²) in [4.78, 5) is 24.5. The Morgan fingerprint density at radius 1 is 0.889 bits per heavy atom. The molecule has 7 heteroatoms. The second-order valence-electron chi connectivity index (χ2n) is 8.98. The smallest absolute Gasteiger partial charge is 0.223 e. The Kier molecular flexibility index (Phi) is 5.47. The number of nitrogens with one attached hydrogen (secondary N) is 2. The van der Waals surface area contributed by atoms with Crippen molar-refractivity contribution < 1.29 is 19.1 Å². The standard InChI is InChI=1S/C20H32N2O4S/c1-19-5-3-13(11-15(19)25-19)17(23)21-7-9-27-10-8-22-18(24)14-4-6-20(2)16(12-14)26-20/h13-16H,3-12H2,1-2H3,(H,21,23)(H,22,24). The summed E-state index contributed by atoms with van der Waals surface area (Å²) in [5.74, 6) is 2.33. The van der Waals surface area contributed by atoms with Gasteiger partial charge in [0.1, 0.15) is 0 Å². The van der Waals surface area contributed by atoms with Gasteiger partial charge in [-0.2, -0.15) is 11.8 Å². The molecule has 2 N–H and O–H groups in total. The number of rotatable bonds is 8. The molecule has 2 saturated heterocycles. The van der Waals surface area contributed by atoms with Crippen LogP contribution in [0.15, 0.2) is 0 Å². The molecule has 4 fully saturated rings. The minimum absolute atomic E-state index is 0.0695. The average molecular weight is 397 g/mol. The van der Waals surface area contributed by atoms with Gasteiger partial charge >= 0.3 is 0 Å². The van der Waals surface area contributed by atoms with Crippen LogP contribution in [0.4, 0.5) is 0 Å². The number of ether oxygens (including phenoxy) is 2. The van der Waals surface area contributed by atoms with Crippen molar-refractivity contribution in [3.63, 3.8) is 0 Å². The van der Waals surface area contributed by atoms with Crippen molar-refractivity contribution in [3.8, 4) is 0 Å². The summed E-state index contributed by atoms with van der Waals surface area (Å²) in [6, 6.07) is 0. The third-order valence-corrected chi connectivity index (χ3v) is 7.86. The van der Waals surface area contributed by atoms with E-state index in [1.54, 1.807) is 11.8 Å². The summed E-state index contributed by atoms with van der Waals surface area (Å²) >= 11 is 1.77. The van der Waals surface area contributed by atoms with Gasteiger partial charge in [0.05, 0.1) is 23.4 Å². The summed E-state index contributed by atoms with van der Waals surface area (Å²) in [6.45, 7) is 5.67. The Labute approximate surface area is 165 Å². The molecule has 0 aromatic rings. The van der Waals surface area contributed by atoms with Crippen molar-refractivity contribution in [2.75, 3.05) is 24.6 Å². The Morgan fingerprint density at radius 2 is 1.33 bits per heavy atom. The molecule has 2 aliphatic carbocycles. The van der Waals surface area contributed by atoms with E-state index in [0.717, 1.165) is 50.0 Å². The van der Waals surface area contributed by atoms with E-state index in [4.69, 9.17) is 9.47 Å². The van der Waals surface area contributed by atoms with Crippen LogP contribution in [0.5, 0.6) is 0 Å². The lowest BCUT2D eigenvalue weighted by Gasteiger charge is -2.22. The second-order valence-corrected chi connectivity index (χ2v) is 10.2. The number of fused-ring (bicyclic) bond motifs is 2. The third kappa shape index (κ3) is 4.46. The lowest BCUT2D eigenvalue weighted by Crippen LogP contribution is -2.37. The van der Waals surface area contributed by atoms with Gasteiger partial charge in [0.15, 0.2) is 0 Å². The highest BCUT2D eigenvalue weighted by Crippen LogP contribution is 2.50. The molecule has 6 nitrogen and oxygen atoms in total. The third-order valence-electron chi connectivity index (χ3n) is 6.88. The highest BCUT2D eigenvalue weighted by molar-refractivity contribution is 7.99. The van der Waals surface area contributed by atoms with E-state index in [0.29, 0.717) is 25.3 Å². The van der Waals surface area contributed by atoms with E-state index < -0.39 is 0 Å². The fourth-order valence-corrected chi connectivity index (χ4v) is 5.35. The summed E-state index contributed by atoms with van der Waals surface area (Å²) in [6.07, 6.45) is 6.19. The van der Waals surface area contributed by atoms with Crippen molar-refractivity contribution in [2.45, 2.75) is 75.8 Å². The molecule has 0 radical (unpaired) electrons. The van der Waals surface area contributed by atoms with Gasteiger partial charge < -0.3 is 20.1 Å². The molecule has 2 aliphatic heterocycles. The minimum atomic E-state index is 0.0695. The maximum atomic E-state index is 12.2. The Morgan fingerprint density at radius 3 is 1.74 bits per heavy atom. The fraction of sp³-hybridized carbons (Fsp3) is 0.900. The monoisotopic (exact) mass is 396 g/mol. The summed E-state index contributed by atoms with van der Waals surface area (Å²) in [7, 11) is 0. The number of carbonyl (C=O) groups is 2. The highest BCUT2D eigenvalue weighted by Gasteiger charge is 2.56. The van der Waals surface area contributed by atoms with Crippen LogP contribution < -0.4 is 10.6 Å². The van der Waals surface area contributed by atoms with E-state index in [1.165, 1.54) is 0 Å². The van der Waals surface area contributed by atoms with Crippen molar-refractivity contribution in [1.82, 2.24) is 10.6 Å².